The Balaban J connectivity index is 1.81. The lowest BCUT2D eigenvalue weighted by molar-refractivity contribution is 0.601. The van der Waals surface area contributed by atoms with Crippen LogP contribution >= 0.6 is 11.8 Å². The van der Waals surface area contributed by atoms with E-state index in [0.29, 0.717) is 5.82 Å². The molecule has 0 aliphatic rings. The molecule has 25 heavy (non-hydrogen) atoms. The SMILES string of the molecule is CCSc1cccc(NS(=O)(=O)c2ccc(-c3ccccc3)cc2)n1. The van der Waals surface area contributed by atoms with Gasteiger partial charge in [-0.2, -0.15) is 0 Å². The maximum absolute atomic E-state index is 12.6. The van der Waals surface area contributed by atoms with Crippen LogP contribution in [-0.2, 0) is 10.0 Å². The molecule has 3 rings (SSSR count). The number of hydrogen-bond donors (Lipinski definition) is 1. The Morgan fingerprint density at radius 2 is 1.56 bits per heavy atom. The first-order valence-electron chi connectivity index (χ1n) is 7.86. The molecule has 0 atom stereocenters. The third-order valence-electron chi connectivity index (χ3n) is 3.53. The molecule has 2 aromatic carbocycles. The third kappa shape index (κ3) is 4.41. The fourth-order valence-corrected chi connectivity index (χ4v) is 3.99. The van der Waals surface area contributed by atoms with Crippen molar-refractivity contribution >= 4 is 27.6 Å². The van der Waals surface area contributed by atoms with Crippen LogP contribution in [0.1, 0.15) is 6.92 Å². The lowest BCUT2D eigenvalue weighted by Gasteiger charge is -2.09. The van der Waals surface area contributed by atoms with Crippen molar-refractivity contribution in [2.75, 3.05) is 10.5 Å². The zero-order valence-corrected chi connectivity index (χ0v) is 15.3. The van der Waals surface area contributed by atoms with Crippen LogP contribution in [0.4, 0.5) is 5.82 Å². The van der Waals surface area contributed by atoms with Crippen LogP contribution in [0.2, 0.25) is 0 Å². The van der Waals surface area contributed by atoms with E-state index in [1.54, 1.807) is 48.2 Å². The van der Waals surface area contributed by atoms with Gasteiger partial charge in [0.05, 0.1) is 9.92 Å². The van der Waals surface area contributed by atoms with Crippen LogP contribution in [0, 0.1) is 0 Å². The molecule has 1 aromatic heterocycles. The minimum atomic E-state index is -3.67. The van der Waals surface area contributed by atoms with Crippen LogP contribution in [-0.4, -0.2) is 19.2 Å². The van der Waals surface area contributed by atoms with Gasteiger partial charge in [-0.25, -0.2) is 13.4 Å². The molecule has 0 spiro atoms. The summed E-state index contributed by atoms with van der Waals surface area (Å²) in [7, 11) is -3.67. The molecule has 1 N–H and O–H groups in total. The summed E-state index contributed by atoms with van der Waals surface area (Å²) in [5.41, 5.74) is 2.02. The molecular formula is C19H18N2O2S2. The van der Waals surface area contributed by atoms with E-state index in [0.717, 1.165) is 21.9 Å². The second-order valence-electron chi connectivity index (χ2n) is 5.29. The van der Waals surface area contributed by atoms with Crippen LogP contribution < -0.4 is 4.72 Å². The number of anilines is 1. The second-order valence-corrected chi connectivity index (χ2v) is 8.26. The molecular weight excluding hydrogens is 352 g/mol. The quantitative estimate of drug-likeness (QED) is 0.641. The molecule has 0 aliphatic heterocycles. The Labute approximate surface area is 152 Å². The Morgan fingerprint density at radius 3 is 2.24 bits per heavy atom. The van der Waals surface area contributed by atoms with Gasteiger partial charge in [-0.3, -0.25) is 4.72 Å². The van der Waals surface area contributed by atoms with Gasteiger partial charge in [-0.15, -0.1) is 11.8 Å². The van der Waals surface area contributed by atoms with Gasteiger partial charge in [0.15, 0.2) is 0 Å². The van der Waals surface area contributed by atoms with Gasteiger partial charge in [0.2, 0.25) is 0 Å². The van der Waals surface area contributed by atoms with Gasteiger partial charge in [0, 0.05) is 0 Å². The lowest BCUT2D eigenvalue weighted by Crippen LogP contribution is -2.14. The second kappa shape index (κ2) is 7.72. The first kappa shape index (κ1) is 17.5. The van der Waals surface area contributed by atoms with Crippen LogP contribution in [0.5, 0.6) is 0 Å². The molecule has 6 heteroatoms. The van der Waals surface area contributed by atoms with E-state index in [4.69, 9.17) is 0 Å². The van der Waals surface area contributed by atoms with Gasteiger partial charge >= 0.3 is 0 Å². The number of rotatable bonds is 6. The minimum absolute atomic E-state index is 0.211. The van der Waals surface area contributed by atoms with E-state index in [1.807, 2.05) is 43.3 Å². The predicted molar refractivity (Wildman–Crippen MR) is 103 cm³/mol. The highest BCUT2D eigenvalue weighted by atomic mass is 32.2. The minimum Gasteiger partial charge on any atom is -0.263 e. The number of thioether (sulfide) groups is 1. The normalized spacial score (nSPS) is 11.2. The molecule has 0 unspecified atom stereocenters. The van der Waals surface area contributed by atoms with Crippen molar-refractivity contribution in [3.63, 3.8) is 0 Å². The van der Waals surface area contributed by atoms with E-state index in [2.05, 4.69) is 9.71 Å². The molecule has 0 bridgehead atoms. The predicted octanol–water partition coefficient (Wildman–Crippen LogP) is 4.66. The molecule has 0 radical (unpaired) electrons. The molecule has 0 saturated heterocycles. The van der Waals surface area contributed by atoms with E-state index in [-0.39, 0.29) is 4.90 Å². The third-order valence-corrected chi connectivity index (χ3v) is 5.71. The Morgan fingerprint density at radius 1 is 0.880 bits per heavy atom. The molecule has 0 aliphatic carbocycles. The first-order valence-corrected chi connectivity index (χ1v) is 10.3. The van der Waals surface area contributed by atoms with E-state index in [1.165, 1.54) is 0 Å². The van der Waals surface area contributed by atoms with Gasteiger partial charge < -0.3 is 0 Å². The number of nitrogens with zero attached hydrogens (tertiary/aromatic N) is 1. The zero-order valence-electron chi connectivity index (χ0n) is 13.7. The number of nitrogens with one attached hydrogen (secondary N) is 1. The molecule has 128 valence electrons. The molecule has 0 fully saturated rings. The molecule has 1 heterocycles. The zero-order chi connectivity index (χ0) is 17.7. The summed E-state index contributed by atoms with van der Waals surface area (Å²) in [6, 6.07) is 22.0. The van der Waals surface area contributed by atoms with Crippen molar-refractivity contribution in [2.24, 2.45) is 0 Å². The Kier molecular flexibility index (Phi) is 5.40. The van der Waals surface area contributed by atoms with Gasteiger partial charge in [-0.05, 0) is 41.1 Å². The number of hydrogen-bond acceptors (Lipinski definition) is 4. The van der Waals surface area contributed by atoms with Crippen LogP contribution in [0.25, 0.3) is 11.1 Å². The number of pyridine rings is 1. The number of sulfonamides is 1. The fourth-order valence-electron chi connectivity index (χ4n) is 2.35. The molecule has 3 aromatic rings. The average Bonchev–Trinajstić information content (AvgIpc) is 2.63. The Bertz CT molecular complexity index is 941. The van der Waals surface area contributed by atoms with Gasteiger partial charge in [0.25, 0.3) is 10.0 Å². The van der Waals surface area contributed by atoms with E-state index < -0.39 is 10.0 Å². The van der Waals surface area contributed by atoms with Crippen LogP contribution in [0.15, 0.2) is 82.7 Å². The highest BCUT2D eigenvalue weighted by molar-refractivity contribution is 7.99. The summed E-state index contributed by atoms with van der Waals surface area (Å²) in [5, 5.41) is 0.794. The number of benzene rings is 2. The fraction of sp³-hybridized carbons (Fsp3) is 0.105. The summed E-state index contributed by atoms with van der Waals surface area (Å²) in [6.07, 6.45) is 0. The maximum Gasteiger partial charge on any atom is 0.263 e. The standard InChI is InChI=1S/C19H18N2O2S2/c1-2-24-19-10-6-9-18(20-19)21-25(22,23)17-13-11-16(12-14-17)15-7-4-3-5-8-15/h3-14H,2H2,1H3,(H,20,21). The van der Waals surface area contributed by atoms with Gasteiger partial charge in [-0.1, -0.05) is 55.5 Å². The average molecular weight is 370 g/mol. The largest absolute Gasteiger partial charge is 0.263 e. The summed E-state index contributed by atoms with van der Waals surface area (Å²) >= 11 is 1.56. The lowest BCUT2D eigenvalue weighted by atomic mass is 10.1. The van der Waals surface area contributed by atoms with Crippen molar-refractivity contribution in [3.05, 3.63) is 72.8 Å². The van der Waals surface area contributed by atoms with E-state index in [9.17, 15) is 8.42 Å². The highest BCUT2D eigenvalue weighted by Gasteiger charge is 2.15. The first-order chi connectivity index (χ1) is 12.1. The van der Waals surface area contributed by atoms with Crippen molar-refractivity contribution in [1.82, 2.24) is 4.98 Å². The summed E-state index contributed by atoms with van der Waals surface area (Å²) in [4.78, 5) is 4.52. The van der Waals surface area contributed by atoms with Crippen LogP contribution in [0.3, 0.4) is 0 Å². The van der Waals surface area contributed by atoms with Crippen molar-refractivity contribution in [1.29, 1.82) is 0 Å². The summed E-state index contributed by atoms with van der Waals surface area (Å²) in [5.74, 6) is 1.20. The summed E-state index contributed by atoms with van der Waals surface area (Å²) < 4.78 is 27.7. The smallest absolute Gasteiger partial charge is 0.263 e. The Hall–Kier alpha value is -2.31. The van der Waals surface area contributed by atoms with Crippen molar-refractivity contribution < 1.29 is 8.42 Å². The molecule has 0 saturated carbocycles. The van der Waals surface area contributed by atoms with E-state index >= 15 is 0 Å². The molecule has 4 nitrogen and oxygen atoms in total. The monoisotopic (exact) mass is 370 g/mol. The maximum atomic E-state index is 12.6. The molecule has 0 amide bonds. The summed E-state index contributed by atoms with van der Waals surface area (Å²) in [6.45, 7) is 2.03. The van der Waals surface area contributed by atoms with Gasteiger partial charge in [0.1, 0.15) is 5.82 Å². The topological polar surface area (TPSA) is 59.1 Å². The number of aromatic nitrogens is 1. The van der Waals surface area contributed by atoms with Crippen molar-refractivity contribution in [2.45, 2.75) is 16.8 Å². The van der Waals surface area contributed by atoms with Crippen molar-refractivity contribution in [3.8, 4) is 11.1 Å². The highest BCUT2D eigenvalue weighted by Crippen LogP contribution is 2.23.